The third-order valence-corrected chi connectivity index (χ3v) is 4.13. The molecule has 0 atom stereocenters. The van der Waals surface area contributed by atoms with E-state index in [0.717, 1.165) is 0 Å². The first-order valence-electron chi connectivity index (χ1n) is 8.61. The number of amides is 1. The number of hydrogen-bond acceptors (Lipinski definition) is 5. The van der Waals surface area contributed by atoms with E-state index in [9.17, 15) is 9.59 Å². The van der Waals surface area contributed by atoms with Crippen molar-refractivity contribution < 1.29 is 19.1 Å². The van der Waals surface area contributed by atoms with Gasteiger partial charge in [0.25, 0.3) is 5.91 Å². The molecule has 1 amide bonds. The van der Waals surface area contributed by atoms with E-state index in [4.69, 9.17) is 21.1 Å². The van der Waals surface area contributed by atoms with E-state index in [2.05, 4.69) is 10.5 Å². The quantitative estimate of drug-likeness (QED) is 0.285. The molecule has 3 aromatic carbocycles. The van der Waals surface area contributed by atoms with Gasteiger partial charge in [0.15, 0.2) is 0 Å². The van der Waals surface area contributed by atoms with E-state index in [-0.39, 0.29) is 0 Å². The Balaban J connectivity index is 1.64. The highest BCUT2D eigenvalue weighted by atomic mass is 35.5. The second kappa shape index (κ2) is 9.52. The minimum absolute atomic E-state index is 0.352. The smallest absolute Gasteiger partial charge is 0.343 e. The lowest BCUT2D eigenvalue weighted by molar-refractivity contribution is 0.0734. The van der Waals surface area contributed by atoms with Gasteiger partial charge in [0.05, 0.1) is 24.5 Å². The van der Waals surface area contributed by atoms with Crippen LogP contribution in [-0.4, -0.2) is 25.2 Å². The third kappa shape index (κ3) is 5.43. The Hall–Kier alpha value is -3.64. The molecule has 0 fully saturated rings. The number of methoxy groups -OCH3 is 1. The maximum absolute atomic E-state index is 12.2. The summed E-state index contributed by atoms with van der Waals surface area (Å²) in [5, 5.41) is 4.48. The Bertz CT molecular complexity index is 1050. The van der Waals surface area contributed by atoms with Crippen LogP contribution >= 0.6 is 11.6 Å². The molecule has 3 rings (SSSR count). The topological polar surface area (TPSA) is 77.0 Å². The Labute approximate surface area is 172 Å². The number of hydrazone groups is 1. The van der Waals surface area contributed by atoms with Crippen molar-refractivity contribution in [3.05, 3.63) is 94.5 Å². The van der Waals surface area contributed by atoms with Crippen LogP contribution in [0.15, 0.2) is 77.9 Å². The number of esters is 1. The molecular formula is C22H17ClN2O4. The fourth-order valence-electron chi connectivity index (χ4n) is 2.47. The van der Waals surface area contributed by atoms with E-state index < -0.39 is 11.9 Å². The predicted octanol–water partition coefficient (Wildman–Crippen LogP) is 4.33. The molecule has 0 bridgehead atoms. The van der Waals surface area contributed by atoms with Crippen LogP contribution in [0.2, 0.25) is 5.02 Å². The molecule has 0 unspecified atom stereocenters. The molecule has 6 nitrogen and oxygen atoms in total. The van der Waals surface area contributed by atoms with Gasteiger partial charge in [-0.3, -0.25) is 4.79 Å². The van der Waals surface area contributed by atoms with Gasteiger partial charge >= 0.3 is 5.97 Å². The first-order valence-corrected chi connectivity index (χ1v) is 8.99. The molecule has 0 spiro atoms. The van der Waals surface area contributed by atoms with Crippen molar-refractivity contribution in [3.63, 3.8) is 0 Å². The summed E-state index contributed by atoms with van der Waals surface area (Å²) in [4.78, 5) is 24.4. The summed E-state index contributed by atoms with van der Waals surface area (Å²) in [5.74, 6) is -0.0921. The van der Waals surface area contributed by atoms with Crippen molar-refractivity contribution >= 4 is 29.7 Å². The third-order valence-electron chi connectivity index (χ3n) is 3.88. The molecule has 0 heterocycles. The van der Waals surface area contributed by atoms with Crippen LogP contribution in [-0.2, 0) is 0 Å². The molecule has 146 valence electrons. The number of carbonyl (C=O) groups excluding carboxylic acids is 2. The van der Waals surface area contributed by atoms with Crippen molar-refractivity contribution in [2.24, 2.45) is 5.10 Å². The summed E-state index contributed by atoms with van der Waals surface area (Å²) in [6.07, 6.45) is 1.45. The molecule has 0 aromatic heterocycles. The van der Waals surface area contributed by atoms with Gasteiger partial charge in [0.1, 0.15) is 11.5 Å². The molecule has 0 saturated heterocycles. The number of carbonyl (C=O) groups is 2. The summed E-state index contributed by atoms with van der Waals surface area (Å²) in [7, 11) is 1.49. The van der Waals surface area contributed by atoms with Gasteiger partial charge in [-0.25, -0.2) is 10.2 Å². The Kier molecular flexibility index (Phi) is 6.60. The monoisotopic (exact) mass is 408 g/mol. The predicted molar refractivity (Wildman–Crippen MR) is 111 cm³/mol. The van der Waals surface area contributed by atoms with E-state index in [1.54, 1.807) is 72.8 Å². The number of nitrogens with one attached hydrogen (secondary N) is 1. The molecule has 29 heavy (non-hydrogen) atoms. The van der Waals surface area contributed by atoms with Crippen molar-refractivity contribution in [2.45, 2.75) is 0 Å². The average Bonchev–Trinajstić information content (AvgIpc) is 2.74. The van der Waals surface area contributed by atoms with Crippen molar-refractivity contribution in [2.75, 3.05) is 7.11 Å². The van der Waals surface area contributed by atoms with E-state index in [0.29, 0.717) is 33.2 Å². The average molecular weight is 409 g/mol. The SMILES string of the molecule is COc1ccccc1C(=O)N/N=C/c1cccc(OC(=O)c2ccc(Cl)cc2)c1. The highest BCUT2D eigenvalue weighted by Gasteiger charge is 2.10. The van der Waals surface area contributed by atoms with Crippen LogP contribution in [0, 0.1) is 0 Å². The van der Waals surface area contributed by atoms with Crippen LogP contribution in [0.3, 0.4) is 0 Å². The minimum atomic E-state index is -0.500. The zero-order valence-electron chi connectivity index (χ0n) is 15.5. The molecule has 1 N–H and O–H groups in total. The van der Waals surface area contributed by atoms with Crippen molar-refractivity contribution in [1.29, 1.82) is 0 Å². The first-order chi connectivity index (χ1) is 14.1. The fourth-order valence-corrected chi connectivity index (χ4v) is 2.59. The second-order valence-electron chi connectivity index (χ2n) is 5.87. The van der Waals surface area contributed by atoms with Gasteiger partial charge in [-0.15, -0.1) is 0 Å². The lowest BCUT2D eigenvalue weighted by Gasteiger charge is -2.06. The van der Waals surface area contributed by atoms with Crippen molar-refractivity contribution in [3.8, 4) is 11.5 Å². The molecule has 7 heteroatoms. The molecular weight excluding hydrogens is 392 g/mol. The van der Waals surface area contributed by atoms with Crippen LogP contribution in [0.25, 0.3) is 0 Å². The Morgan fingerprint density at radius 2 is 1.76 bits per heavy atom. The summed E-state index contributed by atoms with van der Waals surface area (Å²) in [5.41, 5.74) is 3.85. The van der Waals surface area contributed by atoms with Gasteiger partial charge in [0.2, 0.25) is 0 Å². The van der Waals surface area contributed by atoms with Crippen molar-refractivity contribution in [1.82, 2.24) is 5.43 Å². The standard InChI is InChI=1S/C22H17ClN2O4/c1-28-20-8-3-2-7-19(20)21(26)25-24-14-15-5-4-6-18(13-15)29-22(27)16-9-11-17(23)12-10-16/h2-14H,1H3,(H,25,26)/b24-14+. The minimum Gasteiger partial charge on any atom is -0.496 e. The van der Waals surface area contributed by atoms with Crippen LogP contribution in [0.4, 0.5) is 0 Å². The molecule has 0 aliphatic heterocycles. The van der Waals surface area contributed by atoms with Crippen LogP contribution < -0.4 is 14.9 Å². The van der Waals surface area contributed by atoms with E-state index in [1.165, 1.54) is 13.3 Å². The summed E-state index contributed by atoms with van der Waals surface area (Å²) >= 11 is 5.82. The highest BCUT2D eigenvalue weighted by Crippen LogP contribution is 2.17. The highest BCUT2D eigenvalue weighted by molar-refractivity contribution is 6.30. The molecule has 0 aliphatic carbocycles. The zero-order valence-corrected chi connectivity index (χ0v) is 16.2. The molecule has 0 aliphatic rings. The number of para-hydroxylation sites is 1. The van der Waals surface area contributed by atoms with Gasteiger partial charge in [-0.2, -0.15) is 5.10 Å². The van der Waals surface area contributed by atoms with Crippen LogP contribution in [0.5, 0.6) is 11.5 Å². The van der Waals surface area contributed by atoms with Crippen LogP contribution in [0.1, 0.15) is 26.3 Å². The number of hydrogen-bond donors (Lipinski definition) is 1. The Morgan fingerprint density at radius 1 is 1.00 bits per heavy atom. The van der Waals surface area contributed by atoms with E-state index >= 15 is 0 Å². The number of nitrogens with zero attached hydrogens (tertiary/aromatic N) is 1. The molecule has 0 saturated carbocycles. The zero-order chi connectivity index (χ0) is 20.6. The first kappa shape index (κ1) is 20.1. The van der Waals surface area contributed by atoms with Gasteiger partial charge in [0, 0.05) is 5.02 Å². The number of ether oxygens (including phenoxy) is 2. The van der Waals surface area contributed by atoms with Gasteiger partial charge in [-0.1, -0.05) is 35.9 Å². The van der Waals surface area contributed by atoms with Gasteiger partial charge < -0.3 is 9.47 Å². The number of halogens is 1. The Morgan fingerprint density at radius 3 is 2.52 bits per heavy atom. The molecule has 0 radical (unpaired) electrons. The molecule has 3 aromatic rings. The normalized spacial score (nSPS) is 10.6. The lowest BCUT2D eigenvalue weighted by atomic mass is 10.2. The fraction of sp³-hybridized carbons (Fsp3) is 0.0455. The van der Waals surface area contributed by atoms with E-state index in [1.807, 2.05) is 0 Å². The number of benzene rings is 3. The summed E-state index contributed by atoms with van der Waals surface area (Å²) in [6, 6.07) is 20.0. The maximum atomic E-state index is 12.2. The number of rotatable bonds is 6. The van der Waals surface area contributed by atoms with Gasteiger partial charge in [-0.05, 0) is 54.1 Å². The largest absolute Gasteiger partial charge is 0.496 e. The second-order valence-corrected chi connectivity index (χ2v) is 6.30. The summed E-state index contributed by atoms with van der Waals surface area (Å²) < 4.78 is 10.5. The maximum Gasteiger partial charge on any atom is 0.343 e. The lowest BCUT2D eigenvalue weighted by Crippen LogP contribution is -2.18. The summed E-state index contributed by atoms with van der Waals surface area (Å²) in [6.45, 7) is 0.